The smallest absolute Gasteiger partial charge is 0.504 e. The van der Waals surface area contributed by atoms with Gasteiger partial charge in [-0.25, -0.2) is 13.2 Å². The highest BCUT2D eigenvalue weighted by Gasteiger charge is 2.10. The van der Waals surface area contributed by atoms with E-state index in [1.165, 1.54) is 0 Å². The zero-order valence-electron chi connectivity index (χ0n) is 5.85. The van der Waals surface area contributed by atoms with E-state index in [-0.39, 0.29) is 5.75 Å². The van der Waals surface area contributed by atoms with Gasteiger partial charge in [0, 0.05) is 12.1 Å². The van der Waals surface area contributed by atoms with E-state index in [0.29, 0.717) is 12.1 Å². The molecule has 64 valence electrons. The van der Waals surface area contributed by atoms with Crippen LogP contribution in [0.2, 0.25) is 0 Å². The minimum atomic E-state index is -1.56. The highest BCUT2D eigenvalue weighted by molar-refractivity contribution is 6.17. The van der Waals surface area contributed by atoms with Crippen LogP contribution in [-0.2, 0) is 0 Å². The quantitative estimate of drug-likeness (QED) is 0.531. The van der Waals surface area contributed by atoms with E-state index < -0.39 is 25.1 Å². The summed E-state index contributed by atoms with van der Waals surface area (Å²) >= 11 is 0. The average Bonchev–Trinajstić information content (AvgIpc) is 2.01. The van der Waals surface area contributed by atoms with Crippen molar-refractivity contribution in [3.05, 3.63) is 29.6 Å². The lowest BCUT2D eigenvalue weighted by Crippen LogP contribution is -2.01. The molecule has 0 unspecified atom stereocenters. The molecule has 0 spiro atoms. The molecule has 0 saturated carbocycles. The first kappa shape index (κ1) is 8.93. The summed E-state index contributed by atoms with van der Waals surface area (Å²) in [7, 11) is -0.718. The lowest BCUT2D eigenvalue weighted by molar-refractivity contribution is 0.422. The molecule has 0 aliphatic carbocycles. The molecule has 0 bridgehead atoms. The van der Waals surface area contributed by atoms with Crippen LogP contribution in [0.5, 0.6) is 5.75 Å². The third-order valence-corrected chi connectivity index (χ3v) is 1.19. The van der Waals surface area contributed by atoms with Crippen LogP contribution in [0, 0.1) is 17.5 Å². The maximum Gasteiger partial charge on any atom is 0.504 e. The van der Waals surface area contributed by atoms with Crippen LogP contribution in [0.1, 0.15) is 0 Å². The number of hydrogen-bond acceptors (Lipinski definition) is 2. The summed E-state index contributed by atoms with van der Waals surface area (Å²) in [6.07, 6.45) is 0. The first-order chi connectivity index (χ1) is 5.65. The SMILES string of the molecule is OBOc1cc(F)c(F)c(F)c1. The Morgan fingerprint density at radius 2 is 1.67 bits per heavy atom. The predicted octanol–water partition coefficient (Wildman–Crippen LogP) is 0.742. The van der Waals surface area contributed by atoms with Crippen LogP contribution < -0.4 is 4.65 Å². The lowest BCUT2D eigenvalue weighted by atomic mass is 10.3. The average molecular weight is 176 g/mol. The van der Waals surface area contributed by atoms with E-state index in [1.807, 2.05) is 0 Å². The molecular formula is C6H4BF3O2. The fourth-order valence-corrected chi connectivity index (χ4v) is 0.690. The second-order valence-electron chi connectivity index (χ2n) is 1.97. The standard InChI is InChI=1S/C6H4BF3O2/c8-4-1-3(12-7-11)2-5(9)6(4)10/h1-2,7,11H. The predicted molar refractivity (Wildman–Crippen MR) is 36.3 cm³/mol. The van der Waals surface area contributed by atoms with Crippen molar-refractivity contribution in [1.29, 1.82) is 0 Å². The minimum Gasteiger partial charge on any atom is -0.539 e. The summed E-state index contributed by atoms with van der Waals surface area (Å²) in [5.74, 6) is -4.51. The Morgan fingerprint density at radius 1 is 1.17 bits per heavy atom. The van der Waals surface area contributed by atoms with Crippen molar-refractivity contribution < 1.29 is 22.8 Å². The zero-order chi connectivity index (χ0) is 9.14. The minimum absolute atomic E-state index is 0.256. The fourth-order valence-electron chi connectivity index (χ4n) is 0.690. The molecule has 0 fully saturated rings. The topological polar surface area (TPSA) is 29.5 Å². The molecule has 1 rings (SSSR count). The van der Waals surface area contributed by atoms with Crippen LogP contribution in [0.25, 0.3) is 0 Å². The van der Waals surface area contributed by atoms with Crippen molar-refractivity contribution in [2.24, 2.45) is 0 Å². The van der Waals surface area contributed by atoms with Crippen molar-refractivity contribution >= 4 is 7.69 Å². The molecule has 1 N–H and O–H groups in total. The van der Waals surface area contributed by atoms with Gasteiger partial charge in [0.25, 0.3) is 0 Å². The van der Waals surface area contributed by atoms with Crippen LogP contribution >= 0.6 is 0 Å². The highest BCUT2D eigenvalue weighted by Crippen LogP contribution is 2.18. The zero-order valence-corrected chi connectivity index (χ0v) is 5.85. The summed E-state index contributed by atoms with van der Waals surface area (Å²) in [5, 5.41) is 8.21. The Hall–Kier alpha value is -1.17. The Labute approximate surface area is 66.9 Å². The van der Waals surface area contributed by atoms with Gasteiger partial charge in [-0.05, 0) is 0 Å². The molecule has 0 atom stereocenters. The van der Waals surface area contributed by atoms with E-state index in [0.717, 1.165) is 0 Å². The lowest BCUT2D eigenvalue weighted by Gasteiger charge is -2.02. The molecule has 1 aromatic carbocycles. The summed E-state index contributed by atoms with van der Waals surface area (Å²) in [5.41, 5.74) is 0. The van der Waals surface area contributed by atoms with Gasteiger partial charge in [-0.1, -0.05) is 0 Å². The fraction of sp³-hybridized carbons (Fsp3) is 0. The van der Waals surface area contributed by atoms with Crippen molar-refractivity contribution in [2.75, 3.05) is 0 Å². The van der Waals surface area contributed by atoms with Gasteiger partial charge in [-0.3, -0.25) is 0 Å². The molecule has 0 heterocycles. The first-order valence-electron chi connectivity index (χ1n) is 3.03. The molecule has 0 radical (unpaired) electrons. The van der Waals surface area contributed by atoms with E-state index >= 15 is 0 Å². The van der Waals surface area contributed by atoms with Crippen molar-refractivity contribution in [3.8, 4) is 5.75 Å². The number of rotatable bonds is 2. The molecule has 12 heavy (non-hydrogen) atoms. The first-order valence-corrected chi connectivity index (χ1v) is 3.03. The number of benzene rings is 1. The molecule has 2 nitrogen and oxygen atoms in total. The molecule has 0 aromatic heterocycles. The van der Waals surface area contributed by atoms with Gasteiger partial charge in [-0.2, -0.15) is 0 Å². The van der Waals surface area contributed by atoms with Crippen molar-refractivity contribution in [1.82, 2.24) is 0 Å². The van der Waals surface area contributed by atoms with Gasteiger partial charge in [0.05, 0.1) is 0 Å². The Bertz CT molecular complexity index is 269. The summed E-state index contributed by atoms with van der Waals surface area (Å²) in [6, 6.07) is 1.29. The molecule has 6 heteroatoms. The summed E-state index contributed by atoms with van der Waals surface area (Å²) in [4.78, 5) is 0. The second kappa shape index (κ2) is 3.49. The molecule has 1 aromatic rings. The van der Waals surface area contributed by atoms with Gasteiger partial charge in [0.15, 0.2) is 17.5 Å². The second-order valence-corrected chi connectivity index (χ2v) is 1.97. The summed E-state index contributed by atoms with van der Waals surface area (Å²) < 4.78 is 41.4. The third-order valence-electron chi connectivity index (χ3n) is 1.19. The maximum absolute atomic E-state index is 12.4. The van der Waals surface area contributed by atoms with Gasteiger partial charge in [0.1, 0.15) is 5.75 Å². The van der Waals surface area contributed by atoms with E-state index in [2.05, 4.69) is 4.65 Å². The Morgan fingerprint density at radius 3 is 2.08 bits per heavy atom. The molecule has 0 aliphatic heterocycles. The van der Waals surface area contributed by atoms with E-state index in [1.54, 1.807) is 0 Å². The highest BCUT2D eigenvalue weighted by atomic mass is 19.2. The van der Waals surface area contributed by atoms with E-state index in [4.69, 9.17) is 5.02 Å². The van der Waals surface area contributed by atoms with Crippen molar-refractivity contribution in [2.45, 2.75) is 0 Å². The molecule has 0 saturated heterocycles. The van der Waals surface area contributed by atoms with Crippen LogP contribution in [0.15, 0.2) is 12.1 Å². The largest absolute Gasteiger partial charge is 0.539 e. The third kappa shape index (κ3) is 1.71. The van der Waals surface area contributed by atoms with E-state index in [9.17, 15) is 13.2 Å². The number of halogens is 3. The molecule has 0 aliphatic rings. The number of hydrogen-bond donors (Lipinski definition) is 1. The Kier molecular flexibility index (Phi) is 2.60. The normalized spacial score (nSPS) is 9.67. The van der Waals surface area contributed by atoms with Gasteiger partial charge in [0.2, 0.25) is 0 Å². The monoisotopic (exact) mass is 176 g/mol. The van der Waals surface area contributed by atoms with Crippen LogP contribution in [-0.4, -0.2) is 12.7 Å². The molecular weight excluding hydrogens is 172 g/mol. The van der Waals surface area contributed by atoms with Gasteiger partial charge in [-0.15, -0.1) is 0 Å². The van der Waals surface area contributed by atoms with Gasteiger partial charge < -0.3 is 9.68 Å². The molecule has 0 amide bonds. The van der Waals surface area contributed by atoms with Crippen LogP contribution in [0.4, 0.5) is 13.2 Å². The summed E-state index contributed by atoms with van der Waals surface area (Å²) in [6.45, 7) is 0. The maximum atomic E-state index is 12.4. The van der Waals surface area contributed by atoms with Gasteiger partial charge >= 0.3 is 7.69 Å². The van der Waals surface area contributed by atoms with Crippen molar-refractivity contribution in [3.63, 3.8) is 0 Å². The Balaban J connectivity index is 3.04. The van der Waals surface area contributed by atoms with Crippen LogP contribution in [0.3, 0.4) is 0 Å².